The van der Waals surface area contributed by atoms with E-state index in [4.69, 9.17) is 16.1 Å². The molecule has 2 heterocycles. The number of aryl methyl sites for hydroxylation is 3. The van der Waals surface area contributed by atoms with Crippen LogP contribution in [-0.2, 0) is 6.42 Å². The lowest BCUT2D eigenvalue weighted by atomic mass is 10.0. The highest BCUT2D eigenvalue weighted by Crippen LogP contribution is 2.30. The van der Waals surface area contributed by atoms with Crippen LogP contribution in [-0.4, -0.2) is 22.6 Å². The third-order valence-corrected chi connectivity index (χ3v) is 5.86. The number of hydrogen-bond donors (Lipinski definition) is 2. The summed E-state index contributed by atoms with van der Waals surface area (Å²) in [5.41, 5.74) is 4.87. The van der Waals surface area contributed by atoms with Gasteiger partial charge in [-0.2, -0.15) is 0 Å². The monoisotopic (exact) mass is 435 g/mol. The highest BCUT2D eigenvalue weighted by atomic mass is 35.5. The van der Waals surface area contributed by atoms with Crippen LogP contribution >= 0.6 is 11.6 Å². The van der Waals surface area contributed by atoms with E-state index in [2.05, 4.69) is 15.5 Å². The molecule has 0 saturated heterocycles. The molecule has 0 radical (unpaired) electrons. The number of nitrogens with one attached hydrogen (secondary N) is 2. The van der Waals surface area contributed by atoms with Gasteiger partial charge in [-0.15, -0.1) is 0 Å². The zero-order valence-electron chi connectivity index (χ0n) is 17.5. The first-order valence-electron chi connectivity index (χ1n) is 9.98. The average molecular weight is 436 g/mol. The summed E-state index contributed by atoms with van der Waals surface area (Å²) in [6.07, 6.45) is 0.399. The van der Waals surface area contributed by atoms with Crippen molar-refractivity contribution in [3.05, 3.63) is 85.9 Å². The summed E-state index contributed by atoms with van der Waals surface area (Å²) < 4.78 is 5.25. The van der Waals surface area contributed by atoms with Gasteiger partial charge < -0.3 is 14.8 Å². The normalized spacial score (nSPS) is 11.1. The maximum absolute atomic E-state index is 12.9. The number of carbonyl (C=O) groups excluding carboxylic acids is 1. The topological polar surface area (TPSA) is 88.0 Å². The number of benzene rings is 2. The van der Waals surface area contributed by atoms with Crippen LogP contribution in [0.3, 0.4) is 0 Å². The van der Waals surface area contributed by atoms with E-state index < -0.39 is 0 Å². The number of amides is 1. The van der Waals surface area contributed by atoms with E-state index in [9.17, 15) is 9.59 Å². The molecule has 7 heteroatoms. The Kier molecular flexibility index (Phi) is 5.65. The van der Waals surface area contributed by atoms with Gasteiger partial charge in [0, 0.05) is 17.7 Å². The van der Waals surface area contributed by atoms with Crippen molar-refractivity contribution in [3.8, 4) is 11.3 Å². The molecule has 31 heavy (non-hydrogen) atoms. The van der Waals surface area contributed by atoms with E-state index in [1.54, 1.807) is 19.1 Å². The number of carbonyl (C=O) groups is 1. The number of aromatic nitrogens is 2. The van der Waals surface area contributed by atoms with Crippen molar-refractivity contribution in [2.75, 3.05) is 6.54 Å². The second-order valence-electron chi connectivity index (χ2n) is 7.54. The molecular formula is C24H22ClN3O3. The van der Waals surface area contributed by atoms with Gasteiger partial charge in [-0.05, 0) is 55.8 Å². The van der Waals surface area contributed by atoms with Gasteiger partial charge in [0.25, 0.3) is 11.5 Å². The maximum Gasteiger partial charge on any atom is 0.257 e. The quantitative estimate of drug-likeness (QED) is 0.474. The van der Waals surface area contributed by atoms with Crippen molar-refractivity contribution < 1.29 is 9.32 Å². The van der Waals surface area contributed by atoms with E-state index >= 15 is 0 Å². The van der Waals surface area contributed by atoms with Crippen molar-refractivity contribution in [1.82, 2.24) is 15.5 Å². The summed E-state index contributed by atoms with van der Waals surface area (Å²) in [5, 5.41) is 8.34. The van der Waals surface area contributed by atoms with Crippen molar-refractivity contribution in [2.45, 2.75) is 27.2 Å². The van der Waals surface area contributed by atoms with Gasteiger partial charge in [0.1, 0.15) is 17.0 Å². The minimum atomic E-state index is -0.322. The number of H-pyrrole nitrogens is 1. The largest absolute Gasteiger partial charge is 0.360 e. The zero-order valence-corrected chi connectivity index (χ0v) is 18.3. The Labute approximate surface area is 184 Å². The highest BCUT2D eigenvalue weighted by molar-refractivity contribution is 6.33. The number of nitrogens with zero attached hydrogens (tertiary/aromatic N) is 1. The summed E-state index contributed by atoms with van der Waals surface area (Å²) in [4.78, 5) is 28.4. The van der Waals surface area contributed by atoms with Gasteiger partial charge >= 0.3 is 0 Å². The Morgan fingerprint density at radius 3 is 2.71 bits per heavy atom. The second kappa shape index (κ2) is 8.40. The Bertz CT molecular complexity index is 1350. The molecule has 0 aliphatic rings. The van der Waals surface area contributed by atoms with Crippen LogP contribution in [0.25, 0.3) is 22.2 Å². The van der Waals surface area contributed by atoms with Crippen LogP contribution in [0.2, 0.25) is 5.02 Å². The molecule has 0 saturated carbocycles. The van der Waals surface area contributed by atoms with Crippen molar-refractivity contribution >= 4 is 28.4 Å². The van der Waals surface area contributed by atoms with Gasteiger partial charge in [0.15, 0.2) is 0 Å². The number of fused-ring (bicyclic) bond motifs is 1. The Balaban J connectivity index is 1.53. The fourth-order valence-electron chi connectivity index (χ4n) is 3.63. The van der Waals surface area contributed by atoms with E-state index in [0.717, 1.165) is 22.0 Å². The minimum Gasteiger partial charge on any atom is -0.360 e. The van der Waals surface area contributed by atoms with Crippen molar-refractivity contribution in [3.63, 3.8) is 0 Å². The van der Waals surface area contributed by atoms with Crippen LogP contribution in [0.15, 0.2) is 51.8 Å². The Morgan fingerprint density at radius 1 is 1.16 bits per heavy atom. The number of hydrogen-bond acceptors (Lipinski definition) is 4. The molecule has 6 nitrogen and oxygen atoms in total. The third-order valence-electron chi connectivity index (χ3n) is 5.53. The maximum atomic E-state index is 12.9. The van der Waals surface area contributed by atoms with Gasteiger partial charge in [-0.25, -0.2) is 0 Å². The number of halogens is 1. The Hall–Kier alpha value is -3.38. The van der Waals surface area contributed by atoms with Gasteiger partial charge in [0.05, 0.1) is 10.5 Å². The summed E-state index contributed by atoms with van der Waals surface area (Å²) in [6, 6.07) is 13.1. The molecule has 0 atom stereocenters. The molecule has 2 aromatic carbocycles. The molecular weight excluding hydrogens is 414 g/mol. The molecule has 2 aromatic heterocycles. The fourth-order valence-corrected chi connectivity index (χ4v) is 3.86. The van der Waals surface area contributed by atoms with Gasteiger partial charge in [-0.1, -0.05) is 47.1 Å². The molecule has 0 fully saturated rings. The predicted octanol–water partition coefficient (Wildman–Crippen LogP) is 4.73. The standard InChI is InChI=1S/C24H22ClN3O3/c1-13-8-9-16-12-17(23(29)27-21(16)14(13)2)10-11-26-24(30)20-15(3)31-28-22(20)18-6-4-5-7-19(18)25/h4-9,12H,10-11H2,1-3H3,(H,26,30)(H,27,29). The molecule has 4 aromatic rings. The van der Waals surface area contributed by atoms with Crippen LogP contribution in [0.1, 0.15) is 32.8 Å². The SMILES string of the molecule is Cc1ccc2cc(CCNC(=O)c3c(-c4ccccc4Cl)noc3C)c(=O)[nH]c2c1C. The van der Waals surface area contributed by atoms with Gasteiger partial charge in [-0.3, -0.25) is 9.59 Å². The smallest absolute Gasteiger partial charge is 0.257 e. The van der Waals surface area contributed by atoms with E-state index in [1.807, 2.05) is 44.2 Å². The average Bonchev–Trinajstić information content (AvgIpc) is 3.13. The first kappa shape index (κ1) is 20.9. The van der Waals surface area contributed by atoms with Gasteiger partial charge in [0.2, 0.25) is 0 Å². The lowest BCUT2D eigenvalue weighted by Gasteiger charge is -2.09. The number of aromatic amines is 1. The minimum absolute atomic E-state index is 0.145. The second-order valence-corrected chi connectivity index (χ2v) is 7.95. The predicted molar refractivity (Wildman–Crippen MR) is 122 cm³/mol. The van der Waals surface area contributed by atoms with E-state index in [0.29, 0.717) is 46.1 Å². The molecule has 158 valence electrons. The summed E-state index contributed by atoms with van der Waals surface area (Å²) in [5.74, 6) is 0.0826. The molecule has 4 rings (SSSR count). The zero-order chi connectivity index (χ0) is 22.1. The van der Waals surface area contributed by atoms with Crippen molar-refractivity contribution in [2.24, 2.45) is 0 Å². The summed E-state index contributed by atoms with van der Waals surface area (Å²) in [6.45, 7) is 5.98. The van der Waals surface area contributed by atoms with Crippen LogP contribution in [0.4, 0.5) is 0 Å². The third kappa shape index (κ3) is 3.99. The summed E-state index contributed by atoms with van der Waals surface area (Å²) >= 11 is 6.26. The number of pyridine rings is 1. The molecule has 0 bridgehead atoms. The lowest BCUT2D eigenvalue weighted by molar-refractivity contribution is 0.0953. The first-order chi connectivity index (χ1) is 14.9. The van der Waals surface area contributed by atoms with Crippen molar-refractivity contribution in [1.29, 1.82) is 0 Å². The molecule has 0 spiro atoms. The lowest BCUT2D eigenvalue weighted by Crippen LogP contribution is -2.28. The molecule has 2 N–H and O–H groups in total. The van der Waals surface area contributed by atoms with E-state index in [1.165, 1.54) is 0 Å². The van der Waals surface area contributed by atoms with Crippen LogP contribution < -0.4 is 10.9 Å². The Morgan fingerprint density at radius 2 is 1.94 bits per heavy atom. The molecule has 0 aliphatic heterocycles. The highest BCUT2D eigenvalue weighted by Gasteiger charge is 2.22. The first-order valence-corrected chi connectivity index (χ1v) is 10.4. The van der Waals surface area contributed by atoms with Crippen LogP contribution in [0.5, 0.6) is 0 Å². The fraction of sp³-hybridized carbons (Fsp3) is 0.208. The summed E-state index contributed by atoms with van der Waals surface area (Å²) in [7, 11) is 0. The number of rotatable bonds is 5. The van der Waals surface area contributed by atoms with Crippen LogP contribution in [0, 0.1) is 20.8 Å². The molecule has 0 aliphatic carbocycles. The van der Waals surface area contributed by atoms with E-state index in [-0.39, 0.29) is 11.5 Å². The molecule has 0 unspecified atom stereocenters. The molecule has 1 amide bonds.